The molecule has 3 heterocycles. The Labute approximate surface area is 208 Å². The van der Waals surface area contributed by atoms with E-state index in [1.54, 1.807) is 4.90 Å². The molecule has 0 bridgehead atoms. The molecule has 3 aromatic rings. The molecule has 2 aliphatic rings. The van der Waals surface area contributed by atoms with Crippen molar-refractivity contribution in [2.24, 2.45) is 5.92 Å². The van der Waals surface area contributed by atoms with Crippen molar-refractivity contribution >= 4 is 33.4 Å². The van der Waals surface area contributed by atoms with Crippen molar-refractivity contribution in [3.63, 3.8) is 0 Å². The van der Waals surface area contributed by atoms with E-state index in [-0.39, 0.29) is 24.2 Å². The van der Waals surface area contributed by atoms with Gasteiger partial charge in [-0.15, -0.1) is 0 Å². The van der Waals surface area contributed by atoms with Gasteiger partial charge >= 0.3 is 0 Å². The molecule has 5 rings (SSSR count). The number of hydrogen-bond acceptors (Lipinski definition) is 4. The van der Waals surface area contributed by atoms with Crippen LogP contribution in [0.5, 0.6) is 0 Å². The lowest BCUT2D eigenvalue weighted by molar-refractivity contribution is -0.137. The number of hydrogen-bond donors (Lipinski definition) is 0. The molecule has 2 amide bonds. The fourth-order valence-corrected chi connectivity index (χ4v) is 5.19. The highest BCUT2D eigenvalue weighted by atomic mass is 79.9. The van der Waals surface area contributed by atoms with E-state index < -0.39 is 0 Å². The number of amides is 2. The lowest BCUT2D eigenvalue weighted by atomic mass is 10.1. The van der Waals surface area contributed by atoms with Crippen LogP contribution in [-0.4, -0.2) is 70.4 Å². The van der Waals surface area contributed by atoms with Gasteiger partial charge in [0.2, 0.25) is 11.8 Å². The molecule has 2 saturated heterocycles. The Morgan fingerprint density at radius 3 is 2.56 bits per heavy atom. The van der Waals surface area contributed by atoms with Crippen molar-refractivity contribution in [2.75, 3.05) is 44.2 Å². The molecule has 0 N–H and O–H groups in total. The number of piperazine rings is 1. The molecule has 1 atom stereocenters. The number of nitrogens with zero attached hydrogens (tertiary/aromatic N) is 5. The zero-order valence-corrected chi connectivity index (χ0v) is 20.6. The molecule has 0 saturated carbocycles. The van der Waals surface area contributed by atoms with Crippen LogP contribution >= 0.6 is 15.9 Å². The first-order chi connectivity index (χ1) is 16.6. The Balaban J connectivity index is 1.12. The van der Waals surface area contributed by atoms with Crippen LogP contribution in [-0.2, 0) is 16.1 Å². The van der Waals surface area contributed by atoms with E-state index in [0.29, 0.717) is 19.6 Å². The second-order valence-corrected chi connectivity index (χ2v) is 9.78. The van der Waals surface area contributed by atoms with E-state index in [2.05, 4.69) is 42.5 Å². The molecular formula is C26H28BrN5O2. The average molecular weight is 522 g/mol. The van der Waals surface area contributed by atoms with Crippen molar-refractivity contribution in [1.29, 1.82) is 0 Å². The van der Waals surface area contributed by atoms with Gasteiger partial charge in [0.1, 0.15) is 5.82 Å². The summed E-state index contributed by atoms with van der Waals surface area (Å²) in [4.78, 5) is 36.3. The van der Waals surface area contributed by atoms with Crippen molar-refractivity contribution < 1.29 is 9.59 Å². The maximum Gasteiger partial charge on any atom is 0.228 e. The molecule has 1 aromatic heterocycles. The van der Waals surface area contributed by atoms with E-state index >= 15 is 0 Å². The fourth-order valence-electron chi connectivity index (χ4n) is 4.80. The number of benzene rings is 2. The normalized spacial score (nSPS) is 19.1. The van der Waals surface area contributed by atoms with Gasteiger partial charge in [0.25, 0.3) is 0 Å². The van der Waals surface area contributed by atoms with Gasteiger partial charge in [-0.25, -0.2) is 4.98 Å². The van der Waals surface area contributed by atoms with Crippen molar-refractivity contribution in [3.05, 3.63) is 71.5 Å². The summed E-state index contributed by atoms with van der Waals surface area (Å²) in [5.74, 6) is 0.837. The molecule has 2 fully saturated rings. The molecule has 176 valence electrons. The van der Waals surface area contributed by atoms with Gasteiger partial charge < -0.3 is 14.4 Å². The van der Waals surface area contributed by atoms with Crippen molar-refractivity contribution in [1.82, 2.24) is 19.4 Å². The summed E-state index contributed by atoms with van der Waals surface area (Å²) < 4.78 is 3.11. The van der Waals surface area contributed by atoms with Crippen LogP contribution in [0.4, 0.5) is 5.69 Å². The predicted octanol–water partition coefficient (Wildman–Crippen LogP) is 3.51. The predicted molar refractivity (Wildman–Crippen MR) is 135 cm³/mol. The van der Waals surface area contributed by atoms with Crippen LogP contribution in [0.3, 0.4) is 0 Å². The topological polar surface area (TPSA) is 61.7 Å². The molecule has 0 spiro atoms. The van der Waals surface area contributed by atoms with Crippen LogP contribution in [0.15, 0.2) is 71.5 Å². The van der Waals surface area contributed by atoms with Gasteiger partial charge in [-0.2, -0.15) is 0 Å². The Morgan fingerprint density at radius 1 is 1.00 bits per heavy atom. The maximum absolute atomic E-state index is 13.1. The Hall–Kier alpha value is -2.97. The Morgan fingerprint density at radius 2 is 1.79 bits per heavy atom. The minimum absolute atomic E-state index is 0.0182. The monoisotopic (exact) mass is 521 g/mol. The summed E-state index contributed by atoms with van der Waals surface area (Å²) in [6, 6.07) is 17.9. The first-order valence-corrected chi connectivity index (χ1v) is 12.5. The minimum Gasteiger partial charge on any atom is -0.340 e. The van der Waals surface area contributed by atoms with Crippen LogP contribution < -0.4 is 4.90 Å². The van der Waals surface area contributed by atoms with Gasteiger partial charge in [0.15, 0.2) is 0 Å². The maximum atomic E-state index is 13.1. The van der Waals surface area contributed by atoms with Gasteiger partial charge in [-0.1, -0.05) is 52.3 Å². The molecule has 8 heteroatoms. The Bertz CT molecular complexity index is 1160. The summed E-state index contributed by atoms with van der Waals surface area (Å²) >= 11 is 3.46. The van der Waals surface area contributed by atoms with E-state index in [1.165, 1.54) is 0 Å². The standard InChI is InChI=1S/C26H28BrN5O2/c27-22-7-4-8-23(18-22)32-19-21(17-24(32)33)26(34)31-15-12-29(13-16-31)11-14-30-10-9-28-25(30)20-5-2-1-3-6-20/h1-10,18,21H,11-17,19H2. The smallest absolute Gasteiger partial charge is 0.228 e. The second-order valence-electron chi connectivity index (χ2n) is 8.86. The molecular weight excluding hydrogens is 494 g/mol. The summed E-state index contributed by atoms with van der Waals surface area (Å²) in [5, 5.41) is 0. The molecule has 2 aliphatic heterocycles. The van der Waals surface area contributed by atoms with Gasteiger partial charge in [0, 0.05) is 80.4 Å². The number of rotatable bonds is 6. The summed E-state index contributed by atoms with van der Waals surface area (Å²) in [6.45, 7) is 5.32. The third kappa shape index (κ3) is 4.93. The first kappa shape index (κ1) is 22.8. The highest BCUT2D eigenvalue weighted by Crippen LogP contribution is 2.28. The van der Waals surface area contributed by atoms with Crippen LogP contribution in [0.1, 0.15) is 6.42 Å². The minimum atomic E-state index is -0.266. The molecule has 34 heavy (non-hydrogen) atoms. The lowest BCUT2D eigenvalue weighted by Crippen LogP contribution is -2.51. The molecule has 7 nitrogen and oxygen atoms in total. The fraction of sp³-hybridized carbons (Fsp3) is 0.346. The van der Waals surface area contributed by atoms with Crippen molar-refractivity contribution in [2.45, 2.75) is 13.0 Å². The number of carbonyl (C=O) groups excluding carboxylic acids is 2. The Kier molecular flexibility index (Phi) is 6.78. The summed E-state index contributed by atoms with van der Waals surface area (Å²) in [7, 11) is 0. The zero-order valence-electron chi connectivity index (χ0n) is 19.0. The summed E-state index contributed by atoms with van der Waals surface area (Å²) in [6.07, 6.45) is 4.16. The van der Waals surface area contributed by atoms with Crippen LogP contribution in [0.2, 0.25) is 0 Å². The number of anilines is 1. The third-order valence-electron chi connectivity index (χ3n) is 6.68. The van der Waals surface area contributed by atoms with Crippen molar-refractivity contribution in [3.8, 4) is 11.4 Å². The van der Waals surface area contributed by atoms with Gasteiger partial charge in [0.05, 0.1) is 5.92 Å². The number of carbonyl (C=O) groups is 2. The highest BCUT2D eigenvalue weighted by Gasteiger charge is 2.38. The number of halogens is 1. The lowest BCUT2D eigenvalue weighted by Gasteiger charge is -2.36. The largest absolute Gasteiger partial charge is 0.340 e. The first-order valence-electron chi connectivity index (χ1n) is 11.7. The number of imidazole rings is 1. The zero-order chi connectivity index (χ0) is 23.5. The van der Waals surface area contributed by atoms with E-state index in [4.69, 9.17) is 0 Å². The second kappa shape index (κ2) is 10.1. The van der Waals surface area contributed by atoms with Gasteiger partial charge in [-0.05, 0) is 18.2 Å². The highest BCUT2D eigenvalue weighted by molar-refractivity contribution is 9.10. The SMILES string of the molecule is O=C(C1CC(=O)N(c2cccc(Br)c2)C1)N1CCN(CCn2ccnc2-c2ccccc2)CC1. The molecule has 0 aliphatic carbocycles. The van der Waals surface area contributed by atoms with Crippen LogP contribution in [0, 0.1) is 5.92 Å². The van der Waals surface area contributed by atoms with Crippen LogP contribution in [0.25, 0.3) is 11.4 Å². The molecule has 0 radical (unpaired) electrons. The van der Waals surface area contributed by atoms with E-state index in [1.807, 2.05) is 59.8 Å². The molecule has 2 aromatic carbocycles. The quantitative estimate of drug-likeness (QED) is 0.497. The summed E-state index contributed by atoms with van der Waals surface area (Å²) in [5.41, 5.74) is 1.96. The average Bonchev–Trinajstić information content (AvgIpc) is 3.50. The van der Waals surface area contributed by atoms with E-state index in [9.17, 15) is 9.59 Å². The third-order valence-corrected chi connectivity index (χ3v) is 7.18. The number of aromatic nitrogens is 2. The van der Waals surface area contributed by atoms with E-state index in [0.717, 1.165) is 47.7 Å². The molecule has 1 unspecified atom stereocenters. The van der Waals surface area contributed by atoms with Gasteiger partial charge in [-0.3, -0.25) is 14.5 Å².